The van der Waals surface area contributed by atoms with Crippen LogP contribution in [0.5, 0.6) is 0 Å². The number of pyridine rings is 1. The normalized spacial score (nSPS) is 14.2. The van der Waals surface area contributed by atoms with Crippen LogP contribution in [0.15, 0.2) is 47.2 Å². The maximum Gasteiger partial charge on any atom is 0.321 e. The van der Waals surface area contributed by atoms with Gasteiger partial charge in [0, 0.05) is 36.7 Å². The fraction of sp³-hybridized carbons (Fsp3) is 0.263. The van der Waals surface area contributed by atoms with Gasteiger partial charge in [0.2, 0.25) is 11.7 Å². The van der Waals surface area contributed by atoms with Crippen LogP contribution in [0.2, 0.25) is 0 Å². The van der Waals surface area contributed by atoms with Crippen molar-refractivity contribution in [3.63, 3.8) is 0 Å². The molecule has 7 nitrogen and oxygen atoms in total. The first-order chi connectivity index (χ1) is 12.6. The zero-order valence-corrected chi connectivity index (χ0v) is 14.6. The Labute approximate surface area is 151 Å². The number of hydrogen-bond donors (Lipinski definition) is 1. The highest BCUT2D eigenvalue weighted by Gasteiger charge is 2.35. The van der Waals surface area contributed by atoms with E-state index in [1.165, 1.54) is 5.56 Å². The maximum absolute atomic E-state index is 12.3. The molecule has 3 heterocycles. The fourth-order valence-electron chi connectivity index (χ4n) is 2.84. The summed E-state index contributed by atoms with van der Waals surface area (Å²) in [5.41, 5.74) is 4.02. The Bertz CT molecular complexity index is 932. The Balaban J connectivity index is 1.36. The number of rotatable bonds is 3. The molecule has 0 bridgehead atoms. The first-order valence-corrected chi connectivity index (χ1v) is 8.47. The number of nitrogens with zero attached hydrogens (tertiary/aromatic N) is 4. The number of nitrogens with one attached hydrogen (secondary N) is 1. The number of amides is 2. The molecule has 2 amide bonds. The Kier molecular flexibility index (Phi) is 4.12. The second-order valence-electron chi connectivity index (χ2n) is 6.52. The summed E-state index contributed by atoms with van der Waals surface area (Å²) < 4.78 is 5.36. The molecule has 4 rings (SSSR count). The van der Waals surface area contributed by atoms with Crippen molar-refractivity contribution in [3.05, 3.63) is 59.7 Å². The lowest BCUT2D eigenvalue weighted by Gasteiger charge is -2.36. The standard InChI is InChI=1S/C19H19N5O2/c1-12-3-4-16(9-13(12)2)21-19(25)24-10-15(11-24)18-22-17(23-26-18)14-5-7-20-8-6-14/h3-9,15H,10-11H2,1-2H3,(H,21,25). The van der Waals surface area contributed by atoms with Crippen molar-refractivity contribution < 1.29 is 9.32 Å². The maximum atomic E-state index is 12.3. The van der Waals surface area contributed by atoms with Crippen LogP contribution >= 0.6 is 0 Å². The van der Waals surface area contributed by atoms with Gasteiger partial charge in [0.15, 0.2) is 0 Å². The van der Waals surface area contributed by atoms with Gasteiger partial charge in [0.05, 0.1) is 5.92 Å². The van der Waals surface area contributed by atoms with Gasteiger partial charge >= 0.3 is 6.03 Å². The zero-order chi connectivity index (χ0) is 18.1. The number of benzene rings is 1. The molecule has 1 aromatic carbocycles. The van der Waals surface area contributed by atoms with Gasteiger partial charge in [0.25, 0.3) is 0 Å². The van der Waals surface area contributed by atoms with Gasteiger partial charge in [-0.05, 0) is 49.2 Å². The van der Waals surface area contributed by atoms with Gasteiger partial charge in [0.1, 0.15) is 0 Å². The molecule has 3 aromatic rings. The third-order valence-corrected chi connectivity index (χ3v) is 4.66. The van der Waals surface area contributed by atoms with E-state index in [0.29, 0.717) is 24.8 Å². The topological polar surface area (TPSA) is 84.2 Å². The van der Waals surface area contributed by atoms with E-state index in [0.717, 1.165) is 16.8 Å². The molecule has 1 saturated heterocycles. The average molecular weight is 349 g/mol. The van der Waals surface area contributed by atoms with Crippen LogP contribution in [-0.2, 0) is 0 Å². The molecule has 1 aliphatic heterocycles. The minimum absolute atomic E-state index is 0.0728. The van der Waals surface area contributed by atoms with Crippen LogP contribution in [0, 0.1) is 13.8 Å². The number of aryl methyl sites for hydroxylation is 2. The van der Waals surface area contributed by atoms with E-state index in [2.05, 4.69) is 20.4 Å². The van der Waals surface area contributed by atoms with Crippen molar-refractivity contribution in [3.8, 4) is 11.4 Å². The molecule has 0 spiro atoms. The van der Waals surface area contributed by atoms with Crippen molar-refractivity contribution in [1.29, 1.82) is 0 Å². The third-order valence-electron chi connectivity index (χ3n) is 4.66. The Morgan fingerprint density at radius 3 is 2.65 bits per heavy atom. The van der Waals surface area contributed by atoms with Crippen molar-refractivity contribution in [2.24, 2.45) is 0 Å². The second kappa shape index (κ2) is 6.59. The van der Waals surface area contributed by atoms with Crippen molar-refractivity contribution in [2.45, 2.75) is 19.8 Å². The SMILES string of the molecule is Cc1ccc(NC(=O)N2CC(c3nc(-c4ccncc4)no3)C2)cc1C. The van der Waals surface area contributed by atoms with Crippen molar-refractivity contribution in [2.75, 3.05) is 18.4 Å². The first kappa shape index (κ1) is 16.3. The summed E-state index contributed by atoms with van der Waals surface area (Å²) in [4.78, 5) is 22.5. The molecular formula is C19H19N5O2. The molecule has 1 fully saturated rings. The number of carbonyl (C=O) groups excluding carboxylic acids is 1. The summed E-state index contributed by atoms with van der Waals surface area (Å²) in [6, 6.07) is 9.44. The van der Waals surface area contributed by atoms with Crippen molar-refractivity contribution >= 4 is 11.7 Å². The van der Waals surface area contributed by atoms with Crippen LogP contribution < -0.4 is 5.32 Å². The van der Waals surface area contributed by atoms with Gasteiger partial charge < -0.3 is 14.7 Å². The van der Waals surface area contributed by atoms with Crippen molar-refractivity contribution in [1.82, 2.24) is 20.0 Å². The lowest BCUT2D eigenvalue weighted by molar-refractivity contribution is 0.147. The lowest BCUT2D eigenvalue weighted by Crippen LogP contribution is -2.50. The third kappa shape index (κ3) is 3.15. The lowest BCUT2D eigenvalue weighted by atomic mass is 10.0. The molecule has 2 aromatic heterocycles. The first-order valence-electron chi connectivity index (χ1n) is 8.47. The van der Waals surface area contributed by atoms with Crippen LogP contribution in [0.3, 0.4) is 0 Å². The van der Waals surface area contributed by atoms with Gasteiger partial charge in [-0.3, -0.25) is 4.98 Å². The highest BCUT2D eigenvalue weighted by molar-refractivity contribution is 5.90. The summed E-state index contributed by atoms with van der Waals surface area (Å²) in [6.45, 7) is 5.20. The number of urea groups is 1. The van der Waals surface area contributed by atoms with E-state index < -0.39 is 0 Å². The molecule has 0 atom stereocenters. The van der Waals surface area contributed by atoms with Gasteiger partial charge in [-0.1, -0.05) is 11.2 Å². The van der Waals surface area contributed by atoms with Crippen LogP contribution in [0.1, 0.15) is 22.9 Å². The van der Waals surface area contributed by atoms with E-state index >= 15 is 0 Å². The molecule has 132 valence electrons. The number of aromatic nitrogens is 3. The predicted molar refractivity (Wildman–Crippen MR) is 96.8 cm³/mol. The van der Waals surface area contributed by atoms with Crippen LogP contribution in [0.4, 0.5) is 10.5 Å². The smallest absolute Gasteiger partial charge is 0.321 e. The number of likely N-dealkylation sites (tertiary alicyclic amines) is 1. The monoisotopic (exact) mass is 349 g/mol. The molecular weight excluding hydrogens is 330 g/mol. The van der Waals surface area contributed by atoms with E-state index in [1.807, 2.05) is 44.2 Å². The molecule has 26 heavy (non-hydrogen) atoms. The van der Waals surface area contributed by atoms with Gasteiger partial charge in [-0.2, -0.15) is 4.98 Å². The Hall–Kier alpha value is -3.22. The van der Waals surface area contributed by atoms with Gasteiger partial charge in [-0.25, -0.2) is 4.79 Å². The summed E-state index contributed by atoms with van der Waals surface area (Å²) in [7, 11) is 0. The summed E-state index contributed by atoms with van der Waals surface area (Å²) in [5, 5.41) is 6.94. The van der Waals surface area contributed by atoms with Crippen LogP contribution in [-0.4, -0.2) is 39.1 Å². The molecule has 1 aliphatic rings. The minimum atomic E-state index is -0.113. The summed E-state index contributed by atoms with van der Waals surface area (Å²) >= 11 is 0. The zero-order valence-electron chi connectivity index (χ0n) is 14.6. The summed E-state index contributed by atoms with van der Waals surface area (Å²) in [6.07, 6.45) is 3.38. The summed E-state index contributed by atoms with van der Waals surface area (Å²) in [5.74, 6) is 1.18. The average Bonchev–Trinajstić information content (AvgIpc) is 3.07. The highest BCUT2D eigenvalue weighted by atomic mass is 16.5. The minimum Gasteiger partial charge on any atom is -0.339 e. The number of hydrogen-bond acceptors (Lipinski definition) is 5. The molecule has 0 unspecified atom stereocenters. The molecule has 7 heteroatoms. The van der Waals surface area contributed by atoms with E-state index in [9.17, 15) is 4.79 Å². The fourth-order valence-corrected chi connectivity index (χ4v) is 2.84. The molecule has 0 saturated carbocycles. The molecule has 0 radical (unpaired) electrons. The van der Waals surface area contributed by atoms with Gasteiger partial charge in [-0.15, -0.1) is 0 Å². The quantitative estimate of drug-likeness (QED) is 0.783. The number of carbonyl (C=O) groups is 1. The number of anilines is 1. The molecule has 0 aliphatic carbocycles. The molecule has 1 N–H and O–H groups in total. The Morgan fingerprint density at radius 1 is 1.15 bits per heavy atom. The van der Waals surface area contributed by atoms with E-state index in [4.69, 9.17) is 4.52 Å². The van der Waals surface area contributed by atoms with E-state index in [1.54, 1.807) is 17.3 Å². The van der Waals surface area contributed by atoms with E-state index in [-0.39, 0.29) is 11.9 Å². The second-order valence-corrected chi connectivity index (χ2v) is 6.52. The van der Waals surface area contributed by atoms with Crippen LogP contribution in [0.25, 0.3) is 11.4 Å². The predicted octanol–water partition coefficient (Wildman–Crippen LogP) is 3.38. The Morgan fingerprint density at radius 2 is 1.92 bits per heavy atom. The largest absolute Gasteiger partial charge is 0.339 e. The highest BCUT2D eigenvalue weighted by Crippen LogP contribution is 2.28.